The first-order valence-corrected chi connectivity index (χ1v) is 12.0. The van der Waals surface area contributed by atoms with Crippen molar-refractivity contribution in [2.45, 2.75) is 19.8 Å². The molecule has 0 fully saturated rings. The summed E-state index contributed by atoms with van der Waals surface area (Å²) in [5.41, 5.74) is 6.67. The molecule has 0 bridgehead atoms. The van der Waals surface area contributed by atoms with Gasteiger partial charge in [-0.1, -0.05) is 97.9 Å². The van der Waals surface area contributed by atoms with E-state index in [4.69, 9.17) is 4.52 Å². The van der Waals surface area contributed by atoms with Crippen LogP contribution in [0.3, 0.4) is 0 Å². The second-order valence-corrected chi connectivity index (χ2v) is 8.95. The zero-order valence-corrected chi connectivity index (χ0v) is 18.9. The standard InChI is InChI=1S/C27H25O4P/c1-19(21-12-6-3-7-13-21)27-24(22-14-8-4-9-15-22)18-25(31-32(28,29)30)20(2)26(27)23-16-10-5-11-17-23/h3-19H,1-2H3,(H2,28,29,30). The lowest BCUT2D eigenvalue weighted by Gasteiger charge is -2.26. The van der Waals surface area contributed by atoms with E-state index in [0.29, 0.717) is 5.56 Å². The summed E-state index contributed by atoms with van der Waals surface area (Å²) in [4.78, 5) is 19.1. The molecule has 4 aromatic rings. The summed E-state index contributed by atoms with van der Waals surface area (Å²) < 4.78 is 16.9. The summed E-state index contributed by atoms with van der Waals surface area (Å²) in [6.07, 6.45) is 0. The number of benzene rings is 4. The summed E-state index contributed by atoms with van der Waals surface area (Å²) in [5, 5.41) is 0. The highest BCUT2D eigenvalue weighted by Crippen LogP contribution is 2.48. The fourth-order valence-electron chi connectivity index (χ4n) is 4.19. The van der Waals surface area contributed by atoms with E-state index in [1.807, 2.05) is 85.8 Å². The monoisotopic (exact) mass is 444 g/mol. The molecule has 0 amide bonds. The maximum atomic E-state index is 11.8. The fraction of sp³-hybridized carbons (Fsp3) is 0.111. The van der Waals surface area contributed by atoms with E-state index in [9.17, 15) is 14.4 Å². The minimum Gasteiger partial charge on any atom is -0.404 e. The Labute approximate surface area is 188 Å². The van der Waals surface area contributed by atoms with Crippen molar-refractivity contribution in [3.63, 3.8) is 0 Å². The van der Waals surface area contributed by atoms with Crippen molar-refractivity contribution in [2.24, 2.45) is 0 Å². The van der Waals surface area contributed by atoms with E-state index >= 15 is 0 Å². The lowest BCUT2D eigenvalue weighted by Crippen LogP contribution is -2.06. The second-order valence-electron chi connectivity index (χ2n) is 7.78. The van der Waals surface area contributed by atoms with E-state index < -0.39 is 7.82 Å². The van der Waals surface area contributed by atoms with Crippen LogP contribution in [0.2, 0.25) is 0 Å². The molecule has 32 heavy (non-hydrogen) atoms. The van der Waals surface area contributed by atoms with Crippen LogP contribution in [-0.4, -0.2) is 9.79 Å². The largest absolute Gasteiger partial charge is 0.524 e. The maximum absolute atomic E-state index is 11.8. The average molecular weight is 444 g/mol. The third-order valence-corrected chi connectivity index (χ3v) is 6.11. The van der Waals surface area contributed by atoms with Crippen molar-refractivity contribution in [2.75, 3.05) is 0 Å². The summed E-state index contributed by atoms with van der Waals surface area (Å²) in [6.45, 7) is 4.01. The molecule has 1 atom stereocenters. The number of phosphoric acid groups is 1. The highest BCUT2D eigenvalue weighted by atomic mass is 31.2. The number of hydrogen-bond donors (Lipinski definition) is 2. The highest BCUT2D eigenvalue weighted by Gasteiger charge is 2.26. The van der Waals surface area contributed by atoms with Gasteiger partial charge < -0.3 is 4.52 Å². The zero-order valence-electron chi connectivity index (χ0n) is 18.0. The van der Waals surface area contributed by atoms with E-state index in [1.165, 1.54) is 0 Å². The van der Waals surface area contributed by atoms with Crippen molar-refractivity contribution in [1.82, 2.24) is 0 Å². The van der Waals surface area contributed by atoms with Gasteiger partial charge in [0.25, 0.3) is 0 Å². The van der Waals surface area contributed by atoms with Crippen LogP contribution in [0.4, 0.5) is 0 Å². The summed E-state index contributed by atoms with van der Waals surface area (Å²) in [5.74, 6) is 0.212. The zero-order chi connectivity index (χ0) is 22.7. The Morgan fingerprint density at radius 2 is 1.28 bits per heavy atom. The van der Waals surface area contributed by atoms with Crippen molar-refractivity contribution >= 4 is 7.82 Å². The normalized spacial score (nSPS) is 12.4. The Kier molecular flexibility index (Phi) is 6.29. The molecule has 0 radical (unpaired) electrons. The SMILES string of the molecule is Cc1c(OP(=O)(O)O)cc(-c2ccccc2)c(C(C)c2ccccc2)c1-c1ccccc1. The molecule has 0 saturated carbocycles. The Morgan fingerprint density at radius 1 is 0.781 bits per heavy atom. The third kappa shape index (κ3) is 4.68. The Hall–Kier alpha value is -3.17. The number of hydrogen-bond acceptors (Lipinski definition) is 2. The average Bonchev–Trinajstić information content (AvgIpc) is 2.80. The van der Waals surface area contributed by atoms with Crippen LogP contribution >= 0.6 is 7.82 Å². The summed E-state index contributed by atoms with van der Waals surface area (Å²) in [6, 6.07) is 31.8. The molecule has 4 nitrogen and oxygen atoms in total. The summed E-state index contributed by atoms with van der Waals surface area (Å²) >= 11 is 0. The molecule has 2 N–H and O–H groups in total. The quantitative estimate of drug-likeness (QED) is 0.316. The van der Waals surface area contributed by atoms with Crippen LogP contribution in [0.15, 0.2) is 97.1 Å². The Bertz CT molecular complexity index is 1250. The molecular weight excluding hydrogens is 419 g/mol. The second kappa shape index (κ2) is 9.13. The highest BCUT2D eigenvalue weighted by molar-refractivity contribution is 7.46. The molecule has 0 aliphatic carbocycles. The molecule has 162 valence electrons. The van der Waals surface area contributed by atoms with Crippen LogP contribution in [0.25, 0.3) is 22.3 Å². The van der Waals surface area contributed by atoms with Crippen molar-refractivity contribution < 1.29 is 18.9 Å². The van der Waals surface area contributed by atoms with Gasteiger partial charge in [0.15, 0.2) is 0 Å². The predicted octanol–water partition coefficient (Wildman–Crippen LogP) is 6.95. The molecule has 0 heterocycles. The topological polar surface area (TPSA) is 66.8 Å². The van der Waals surface area contributed by atoms with Crippen molar-refractivity contribution in [1.29, 1.82) is 0 Å². The molecular formula is C27H25O4P. The Balaban J connectivity index is 2.09. The van der Waals surface area contributed by atoms with Gasteiger partial charge >= 0.3 is 7.82 Å². The molecule has 0 aromatic heterocycles. The van der Waals surface area contributed by atoms with E-state index in [0.717, 1.165) is 33.4 Å². The Morgan fingerprint density at radius 3 is 1.81 bits per heavy atom. The van der Waals surface area contributed by atoms with Gasteiger partial charge in [-0.2, -0.15) is 0 Å². The van der Waals surface area contributed by atoms with Gasteiger partial charge in [0, 0.05) is 5.92 Å². The predicted molar refractivity (Wildman–Crippen MR) is 129 cm³/mol. The van der Waals surface area contributed by atoms with Gasteiger partial charge in [-0.25, -0.2) is 4.57 Å². The van der Waals surface area contributed by atoms with Crippen molar-refractivity contribution in [3.8, 4) is 28.0 Å². The van der Waals surface area contributed by atoms with Crippen LogP contribution in [0.1, 0.15) is 29.5 Å². The van der Waals surface area contributed by atoms with E-state index in [-0.39, 0.29) is 11.7 Å². The number of phosphoric ester groups is 1. The van der Waals surface area contributed by atoms with Gasteiger partial charge in [0.2, 0.25) is 0 Å². The van der Waals surface area contributed by atoms with Gasteiger partial charge in [-0.3, -0.25) is 9.79 Å². The molecule has 4 aromatic carbocycles. The first kappa shape index (κ1) is 22.0. The van der Waals surface area contributed by atoms with Crippen LogP contribution in [0, 0.1) is 6.92 Å². The van der Waals surface area contributed by atoms with Crippen LogP contribution in [-0.2, 0) is 4.57 Å². The molecule has 0 spiro atoms. The lowest BCUT2D eigenvalue weighted by atomic mass is 9.80. The molecule has 0 aliphatic rings. The minimum absolute atomic E-state index is 0.0319. The van der Waals surface area contributed by atoms with Gasteiger partial charge in [-0.05, 0) is 51.9 Å². The lowest BCUT2D eigenvalue weighted by molar-refractivity contribution is 0.282. The molecule has 5 heteroatoms. The molecule has 0 aliphatic heterocycles. The van der Waals surface area contributed by atoms with Gasteiger partial charge in [0.05, 0.1) is 0 Å². The molecule has 0 saturated heterocycles. The molecule has 1 unspecified atom stereocenters. The summed E-state index contributed by atoms with van der Waals surface area (Å²) in [7, 11) is -4.73. The smallest absolute Gasteiger partial charge is 0.404 e. The van der Waals surface area contributed by atoms with Crippen molar-refractivity contribution in [3.05, 3.63) is 114 Å². The van der Waals surface area contributed by atoms with Crippen LogP contribution < -0.4 is 4.52 Å². The van der Waals surface area contributed by atoms with Gasteiger partial charge in [0.1, 0.15) is 5.75 Å². The molecule has 4 rings (SSSR count). The third-order valence-electron chi connectivity index (χ3n) is 5.68. The van der Waals surface area contributed by atoms with E-state index in [2.05, 4.69) is 19.1 Å². The fourth-order valence-corrected chi connectivity index (χ4v) is 4.64. The van der Waals surface area contributed by atoms with E-state index in [1.54, 1.807) is 6.07 Å². The minimum atomic E-state index is -4.73. The number of rotatable bonds is 6. The van der Waals surface area contributed by atoms with Crippen LogP contribution in [0.5, 0.6) is 5.75 Å². The first-order chi connectivity index (χ1) is 15.3. The first-order valence-electron chi connectivity index (χ1n) is 10.4. The van der Waals surface area contributed by atoms with Gasteiger partial charge in [-0.15, -0.1) is 0 Å². The maximum Gasteiger partial charge on any atom is 0.524 e.